The average Bonchev–Trinajstić information content (AvgIpc) is 3.17. The van der Waals surface area contributed by atoms with Gasteiger partial charge in [-0.3, -0.25) is 4.79 Å². The summed E-state index contributed by atoms with van der Waals surface area (Å²) in [5.41, 5.74) is 4.45. The van der Waals surface area contributed by atoms with Crippen LogP contribution >= 0.6 is 0 Å². The third-order valence-electron chi connectivity index (χ3n) is 5.03. The van der Waals surface area contributed by atoms with Crippen LogP contribution in [0.15, 0.2) is 42.6 Å². The van der Waals surface area contributed by atoms with Gasteiger partial charge in [-0.2, -0.15) is 0 Å². The Hall–Kier alpha value is -3.19. The second-order valence-electron chi connectivity index (χ2n) is 6.63. The van der Waals surface area contributed by atoms with E-state index in [0.29, 0.717) is 25.3 Å². The van der Waals surface area contributed by atoms with Crippen LogP contribution in [0.5, 0.6) is 5.75 Å². The highest BCUT2D eigenvalue weighted by Gasteiger charge is 2.19. The lowest BCUT2D eigenvalue weighted by Crippen LogP contribution is -2.36. The number of aliphatic hydroxyl groups is 1. The first-order chi connectivity index (χ1) is 13.6. The zero-order valence-corrected chi connectivity index (χ0v) is 15.4. The van der Waals surface area contributed by atoms with Crippen molar-refractivity contribution in [2.24, 2.45) is 0 Å². The van der Waals surface area contributed by atoms with E-state index in [1.165, 1.54) is 19.2 Å². The van der Waals surface area contributed by atoms with Crippen LogP contribution in [-0.2, 0) is 4.79 Å². The lowest BCUT2D eigenvalue weighted by molar-refractivity contribution is -0.133. The van der Waals surface area contributed by atoms with Crippen molar-refractivity contribution in [1.29, 1.82) is 0 Å². The SMILES string of the molecule is COc1cc(F)ccc1-c1ccnc2[nH]c(C3=CCN(C(=O)CO)CC3)cc12. The standard InChI is InChI=1S/C21H20FN3O3/c1-28-19-10-14(22)2-3-16(19)15-4-7-23-21-17(15)11-18(24-21)13-5-8-25(9-6-13)20(27)12-26/h2-5,7,10-11,26H,6,8-9,12H2,1H3,(H,23,24). The molecule has 3 heterocycles. The van der Waals surface area contributed by atoms with E-state index in [1.54, 1.807) is 17.2 Å². The molecule has 28 heavy (non-hydrogen) atoms. The average molecular weight is 381 g/mol. The van der Waals surface area contributed by atoms with Crippen LogP contribution in [0.3, 0.4) is 0 Å². The molecule has 0 radical (unpaired) electrons. The van der Waals surface area contributed by atoms with Gasteiger partial charge in [0.25, 0.3) is 0 Å². The molecule has 1 aliphatic rings. The summed E-state index contributed by atoms with van der Waals surface area (Å²) < 4.78 is 18.9. The van der Waals surface area contributed by atoms with Crippen molar-refractivity contribution < 1.29 is 19.0 Å². The fourth-order valence-electron chi connectivity index (χ4n) is 3.56. The van der Waals surface area contributed by atoms with Gasteiger partial charge < -0.3 is 19.7 Å². The number of nitrogens with one attached hydrogen (secondary N) is 1. The van der Waals surface area contributed by atoms with Crippen LogP contribution in [0.1, 0.15) is 12.1 Å². The molecule has 7 heteroatoms. The van der Waals surface area contributed by atoms with Crippen molar-refractivity contribution >= 4 is 22.5 Å². The maximum absolute atomic E-state index is 13.6. The molecule has 144 valence electrons. The number of benzene rings is 1. The first-order valence-corrected chi connectivity index (χ1v) is 9.00. The Bertz CT molecular complexity index is 1070. The molecule has 0 bridgehead atoms. The molecule has 1 aliphatic heterocycles. The Morgan fingerprint density at radius 2 is 2.18 bits per heavy atom. The number of ether oxygens (including phenoxy) is 1. The predicted octanol–water partition coefficient (Wildman–Crippen LogP) is 2.99. The molecule has 0 unspecified atom stereocenters. The normalized spacial score (nSPS) is 14.2. The molecule has 1 amide bonds. The fourth-order valence-corrected chi connectivity index (χ4v) is 3.56. The number of aliphatic hydroxyl groups excluding tert-OH is 1. The number of fused-ring (bicyclic) bond motifs is 1. The molecule has 0 spiro atoms. The van der Waals surface area contributed by atoms with Crippen molar-refractivity contribution in [3.05, 3.63) is 54.1 Å². The third-order valence-corrected chi connectivity index (χ3v) is 5.03. The maximum Gasteiger partial charge on any atom is 0.248 e. The fraction of sp³-hybridized carbons (Fsp3) is 0.238. The molecule has 0 fully saturated rings. The van der Waals surface area contributed by atoms with E-state index >= 15 is 0 Å². The molecule has 2 N–H and O–H groups in total. The molecular weight excluding hydrogens is 361 g/mol. The highest BCUT2D eigenvalue weighted by molar-refractivity contribution is 5.96. The minimum absolute atomic E-state index is 0.265. The predicted molar refractivity (Wildman–Crippen MR) is 104 cm³/mol. The number of methoxy groups -OCH3 is 1. The summed E-state index contributed by atoms with van der Waals surface area (Å²) in [6.07, 6.45) is 4.38. The summed E-state index contributed by atoms with van der Waals surface area (Å²) in [6, 6.07) is 8.38. The zero-order valence-electron chi connectivity index (χ0n) is 15.4. The quantitative estimate of drug-likeness (QED) is 0.728. The molecule has 3 aromatic rings. The van der Waals surface area contributed by atoms with Gasteiger partial charge in [0, 0.05) is 42.0 Å². The molecule has 0 saturated carbocycles. The van der Waals surface area contributed by atoms with E-state index in [2.05, 4.69) is 9.97 Å². The zero-order chi connectivity index (χ0) is 19.7. The number of hydrogen-bond donors (Lipinski definition) is 2. The van der Waals surface area contributed by atoms with E-state index in [-0.39, 0.29) is 11.7 Å². The summed E-state index contributed by atoms with van der Waals surface area (Å²) in [7, 11) is 1.52. The Morgan fingerprint density at radius 1 is 1.32 bits per heavy atom. The second-order valence-corrected chi connectivity index (χ2v) is 6.63. The number of amides is 1. The number of rotatable bonds is 4. The van der Waals surface area contributed by atoms with Crippen molar-refractivity contribution in [1.82, 2.24) is 14.9 Å². The number of aromatic nitrogens is 2. The van der Waals surface area contributed by atoms with Crippen molar-refractivity contribution in [2.45, 2.75) is 6.42 Å². The van der Waals surface area contributed by atoms with Gasteiger partial charge in [0.15, 0.2) is 0 Å². The summed E-state index contributed by atoms with van der Waals surface area (Å²) >= 11 is 0. The number of carbonyl (C=O) groups excluding carboxylic acids is 1. The monoisotopic (exact) mass is 381 g/mol. The number of H-pyrrole nitrogens is 1. The van der Waals surface area contributed by atoms with Gasteiger partial charge in [0.1, 0.15) is 23.8 Å². The molecule has 4 rings (SSSR count). The lowest BCUT2D eigenvalue weighted by atomic mass is 10.0. The Balaban J connectivity index is 1.73. The number of pyridine rings is 1. The minimum Gasteiger partial charge on any atom is -0.496 e. The lowest BCUT2D eigenvalue weighted by Gasteiger charge is -2.25. The first kappa shape index (κ1) is 18.2. The van der Waals surface area contributed by atoms with E-state index in [4.69, 9.17) is 9.84 Å². The first-order valence-electron chi connectivity index (χ1n) is 9.00. The van der Waals surface area contributed by atoms with Crippen molar-refractivity contribution in [3.8, 4) is 16.9 Å². The molecule has 1 aromatic carbocycles. The van der Waals surface area contributed by atoms with Gasteiger partial charge in [-0.15, -0.1) is 0 Å². The van der Waals surface area contributed by atoms with Crippen LogP contribution < -0.4 is 4.74 Å². The van der Waals surface area contributed by atoms with Crippen LogP contribution in [0.4, 0.5) is 4.39 Å². The van der Waals surface area contributed by atoms with Gasteiger partial charge in [0.05, 0.1) is 7.11 Å². The Morgan fingerprint density at radius 3 is 2.89 bits per heavy atom. The van der Waals surface area contributed by atoms with E-state index in [9.17, 15) is 9.18 Å². The summed E-state index contributed by atoms with van der Waals surface area (Å²) in [5, 5.41) is 9.92. The van der Waals surface area contributed by atoms with Gasteiger partial charge in [-0.05, 0) is 41.8 Å². The Labute approximate surface area is 161 Å². The summed E-state index contributed by atoms with van der Waals surface area (Å²) in [4.78, 5) is 21.0. The van der Waals surface area contributed by atoms with Gasteiger partial charge in [-0.1, -0.05) is 6.08 Å². The highest BCUT2D eigenvalue weighted by Crippen LogP contribution is 2.36. The number of aromatic amines is 1. The summed E-state index contributed by atoms with van der Waals surface area (Å²) in [5.74, 6) is -0.153. The largest absolute Gasteiger partial charge is 0.496 e. The third kappa shape index (κ3) is 3.25. The van der Waals surface area contributed by atoms with Gasteiger partial charge >= 0.3 is 0 Å². The summed E-state index contributed by atoms with van der Waals surface area (Å²) in [6.45, 7) is 0.561. The molecule has 6 nitrogen and oxygen atoms in total. The molecule has 0 saturated heterocycles. The van der Waals surface area contributed by atoms with Crippen LogP contribution in [0.25, 0.3) is 27.7 Å². The second kappa shape index (κ2) is 7.44. The number of carbonyl (C=O) groups is 1. The molecule has 0 atom stereocenters. The van der Waals surface area contributed by atoms with E-state index in [0.717, 1.165) is 33.4 Å². The van der Waals surface area contributed by atoms with E-state index in [1.807, 2.05) is 18.2 Å². The number of nitrogens with zero attached hydrogens (tertiary/aromatic N) is 2. The molecule has 2 aromatic heterocycles. The van der Waals surface area contributed by atoms with Crippen LogP contribution in [0, 0.1) is 5.82 Å². The Kier molecular flexibility index (Phi) is 4.83. The van der Waals surface area contributed by atoms with Crippen LogP contribution in [-0.4, -0.2) is 52.7 Å². The molecular formula is C21H20FN3O3. The van der Waals surface area contributed by atoms with Gasteiger partial charge in [0.2, 0.25) is 5.91 Å². The van der Waals surface area contributed by atoms with Gasteiger partial charge in [-0.25, -0.2) is 9.37 Å². The topological polar surface area (TPSA) is 78.5 Å². The maximum atomic E-state index is 13.6. The number of hydrogen-bond acceptors (Lipinski definition) is 4. The van der Waals surface area contributed by atoms with Crippen molar-refractivity contribution in [2.75, 3.05) is 26.8 Å². The van der Waals surface area contributed by atoms with E-state index < -0.39 is 6.61 Å². The van der Waals surface area contributed by atoms with Crippen LogP contribution in [0.2, 0.25) is 0 Å². The minimum atomic E-state index is -0.470. The number of halogens is 1. The highest BCUT2D eigenvalue weighted by atomic mass is 19.1. The molecule has 0 aliphatic carbocycles. The smallest absolute Gasteiger partial charge is 0.248 e. The van der Waals surface area contributed by atoms with Crippen molar-refractivity contribution in [3.63, 3.8) is 0 Å².